The van der Waals surface area contributed by atoms with Crippen molar-refractivity contribution >= 4 is 23.2 Å². The van der Waals surface area contributed by atoms with Gasteiger partial charge in [-0.25, -0.2) is 14.8 Å². The van der Waals surface area contributed by atoms with Crippen molar-refractivity contribution in [2.45, 2.75) is 13.5 Å². The Morgan fingerprint density at radius 1 is 1.50 bits per heavy atom. The zero-order valence-corrected chi connectivity index (χ0v) is 10.2. The smallest absolute Gasteiger partial charge is 0.354 e. The normalized spacial score (nSPS) is 10.3. The van der Waals surface area contributed by atoms with Gasteiger partial charge in [0.1, 0.15) is 0 Å². The molecule has 0 unspecified atom stereocenters. The molecule has 0 aliphatic rings. The topological polar surface area (TPSA) is 108 Å². The van der Waals surface area contributed by atoms with Gasteiger partial charge in [0.25, 0.3) is 5.91 Å². The van der Waals surface area contributed by atoms with E-state index in [0.717, 1.165) is 10.6 Å². The second kappa shape index (κ2) is 4.96. The number of carboxylic acid groups (broad SMARTS) is 1. The highest BCUT2D eigenvalue weighted by Gasteiger charge is 2.19. The average Bonchev–Trinajstić information content (AvgIpc) is 2.94. The third-order valence-corrected chi connectivity index (χ3v) is 3.26. The second-order valence-corrected chi connectivity index (χ2v) is 4.41. The summed E-state index contributed by atoms with van der Waals surface area (Å²) in [6.07, 6.45) is 1.18. The highest BCUT2D eigenvalue weighted by molar-refractivity contribution is 7.09. The number of aromatic nitrogens is 3. The van der Waals surface area contributed by atoms with E-state index < -0.39 is 11.9 Å². The van der Waals surface area contributed by atoms with Crippen molar-refractivity contribution in [1.29, 1.82) is 0 Å². The minimum Gasteiger partial charge on any atom is -0.477 e. The van der Waals surface area contributed by atoms with E-state index in [-0.39, 0.29) is 11.4 Å². The van der Waals surface area contributed by atoms with E-state index in [1.54, 1.807) is 5.51 Å². The van der Waals surface area contributed by atoms with Crippen molar-refractivity contribution in [3.05, 3.63) is 33.8 Å². The van der Waals surface area contributed by atoms with Crippen LogP contribution in [0.2, 0.25) is 0 Å². The molecule has 2 rings (SSSR count). The molecule has 0 aliphatic heterocycles. The third kappa shape index (κ3) is 2.38. The quantitative estimate of drug-likeness (QED) is 0.758. The molecule has 2 aromatic rings. The van der Waals surface area contributed by atoms with Gasteiger partial charge in [0.05, 0.1) is 24.1 Å². The molecule has 1 amide bonds. The predicted octanol–water partition coefficient (Wildman–Crippen LogP) is 0.803. The van der Waals surface area contributed by atoms with E-state index in [2.05, 4.69) is 20.3 Å². The van der Waals surface area contributed by atoms with E-state index in [0.29, 0.717) is 6.54 Å². The SMILES string of the molecule is Cc1ncsc1CNC(=O)c1nc[nH]c1C(=O)O. The lowest BCUT2D eigenvalue weighted by Gasteiger charge is -2.02. The number of hydrogen-bond acceptors (Lipinski definition) is 5. The monoisotopic (exact) mass is 266 g/mol. The number of imidazole rings is 1. The second-order valence-electron chi connectivity index (χ2n) is 3.47. The molecule has 0 atom stereocenters. The molecule has 0 aromatic carbocycles. The minimum absolute atomic E-state index is 0.121. The van der Waals surface area contributed by atoms with Gasteiger partial charge in [-0.2, -0.15) is 0 Å². The third-order valence-electron chi connectivity index (χ3n) is 2.32. The summed E-state index contributed by atoms with van der Waals surface area (Å²) in [4.78, 5) is 33.7. The maximum Gasteiger partial charge on any atom is 0.354 e. The molecule has 0 aliphatic carbocycles. The van der Waals surface area contributed by atoms with Crippen LogP contribution in [-0.4, -0.2) is 31.9 Å². The Bertz CT molecular complexity index is 589. The molecule has 94 valence electrons. The van der Waals surface area contributed by atoms with Gasteiger partial charge in [-0.1, -0.05) is 0 Å². The number of amides is 1. The Labute approximate surface area is 106 Å². The summed E-state index contributed by atoms with van der Waals surface area (Å²) in [5.41, 5.74) is 2.20. The lowest BCUT2D eigenvalue weighted by molar-refractivity contribution is 0.0685. The van der Waals surface area contributed by atoms with Gasteiger partial charge in [-0.15, -0.1) is 11.3 Å². The number of nitrogens with zero attached hydrogens (tertiary/aromatic N) is 2. The number of carbonyl (C=O) groups excluding carboxylic acids is 1. The zero-order chi connectivity index (χ0) is 13.1. The molecule has 0 spiro atoms. The summed E-state index contributed by atoms with van der Waals surface area (Å²) in [5.74, 6) is -1.74. The largest absolute Gasteiger partial charge is 0.477 e. The molecule has 18 heavy (non-hydrogen) atoms. The van der Waals surface area contributed by atoms with Crippen LogP contribution in [0.15, 0.2) is 11.8 Å². The molecule has 0 fully saturated rings. The van der Waals surface area contributed by atoms with Crippen molar-refractivity contribution in [3.8, 4) is 0 Å². The van der Waals surface area contributed by atoms with Crippen LogP contribution in [0.4, 0.5) is 0 Å². The van der Waals surface area contributed by atoms with Crippen LogP contribution in [0.3, 0.4) is 0 Å². The van der Waals surface area contributed by atoms with Crippen molar-refractivity contribution in [2.24, 2.45) is 0 Å². The van der Waals surface area contributed by atoms with Gasteiger partial charge in [0.2, 0.25) is 0 Å². The summed E-state index contributed by atoms with van der Waals surface area (Å²) >= 11 is 1.43. The van der Waals surface area contributed by atoms with Gasteiger partial charge < -0.3 is 15.4 Å². The Morgan fingerprint density at radius 3 is 2.89 bits per heavy atom. The van der Waals surface area contributed by atoms with Gasteiger partial charge in [-0.05, 0) is 6.92 Å². The maximum atomic E-state index is 11.8. The number of hydrogen-bond donors (Lipinski definition) is 3. The van der Waals surface area contributed by atoms with Crippen LogP contribution in [0.5, 0.6) is 0 Å². The van der Waals surface area contributed by atoms with Gasteiger partial charge in [0, 0.05) is 4.88 Å². The van der Waals surface area contributed by atoms with E-state index in [1.807, 2.05) is 6.92 Å². The van der Waals surface area contributed by atoms with E-state index >= 15 is 0 Å². The Balaban J connectivity index is 2.06. The lowest BCUT2D eigenvalue weighted by atomic mass is 10.3. The lowest BCUT2D eigenvalue weighted by Crippen LogP contribution is -2.25. The van der Waals surface area contributed by atoms with Crippen molar-refractivity contribution in [3.63, 3.8) is 0 Å². The fraction of sp³-hybridized carbons (Fsp3) is 0.200. The first-order valence-electron chi connectivity index (χ1n) is 5.03. The Hall–Kier alpha value is -2.22. The first kappa shape index (κ1) is 12.2. The van der Waals surface area contributed by atoms with Crippen LogP contribution in [0, 0.1) is 6.92 Å². The molecule has 0 bridgehead atoms. The van der Waals surface area contributed by atoms with Crippen molar-refractivity contribution in [1.82, 2.24) is 20.3 Å². The minimum atomic E-state index is -1.22. The van der Waals surface area contributed by atoms with E-state index in [1.165, 1.54) is 17.7 Å². The number of aromatic amines is 1. The molecule has 7 nitrogen and oxygen atoms in total. The zero-order valence-electron chi connectivity index (χ0n) is 9.43. The summed E-state index contributed by atoms with van der Waals surface area (Å²) in [6, 6.07) is 0. The average molecular weight is 266 g/mol. The number of nitrogens with one attached hydrogen (secondary N) is 2. The molecular weight excluding hydrogens is 256 g/mol. The standard InChI is InChI=1S/C10H10N4O3S/c1-5-6(18-4-14-5)2-11-9(15)7-8(10(16)17)13-3-12-7/h3-4H,2H2,1H3,(H,11,15)(H,12,13)(H,16,17). The number of thiazole rings is 1. The van der Waals surface area contributed by atoms with Crippen LogP contribution < -0.4 is 5.32 Å². The number of carbonyl (C=O) groups is 2. The number of aryl methyl sites for hydroxylation is 1. The molecular formula is C10H10N4O3S. The van der Waals surface area contributed by atoms with Crippen LogP contribution in [-0.2, 0) is 6.54 Å². The fourth-order valence-electron chi connectivity index (χ4n) is 1.37. The predicted molar refractivity (Wildman–Crippen MR) is 63.6 cm³/mol. The number of H-pyrrole nitrogens is 1. The molecule has 0 radical (unpaired) electrons. The van der Waals surface area contributed by atoms with E-state index in [4.69, 9.17) is 5.11 Å². The van der Waals surface area contributed by atoms with Gasteiger partial charge in [-0.3, -0.25) is 4.79 Å². The number of rotatable bonds is 4. The van der Waals surface area contributed by atoms with Crippen LogP contribution in [0.25, 0.3) is 0 Å². The molecule has 2 aromatic heterocycles. The highest BCUT2D eigenvalue weighted by Crippen LogP contribution is 2.11. The number of aromatic carboxylic acids is 1. The number of carboxylic acids is 1. The van der Waals surface area contributed by atoms with Crippen molar-refractivity contribution in [2.75, 3.05) is 0 Å². The summed E-state index contributed by atoms with van der Waals surface area (Å²) in [5, 5.41) is 11.4. The highest BCUT2D eigenvalue weighted by atomic mass is 32.1. The molecule has 0 saturated carbocycles. The fourth-order valence-corrected chi connectivity index (χ4v) is 2.09. The Kier molecular flexibility index (Phi) is 3.38. The van der Waals surface area contributed by atoms with Crippen LogP contribution >= 0.6 is 11.3 Å². The van der Waals surface area contributed by atoms with Crippen LogP contribution in [0.1, 0.15) is 31.5 Å². The van der Waals surface area contributed by atoms with Gasteiger partial charge in [0.15, 0.2) is 11.4 Å². The molecule has 3 N–H and O–H groups in total. The summed E-state index contributed by atoms with van der Waals surface area (Å²) < 4.78 is 0. The summed E-state index contributed by atoms with van der Waals surface area (Å²) in [6.45, 7) is 2.15. The first-order valence-corrected chi connectivity index (χ1v) is 5.91. The molecule has 2 heterocycles. The van der Waals surface area contributed by atoms with E-state index in [9.17, 15) is 9.59 Å². The van der Waals surface area contributed by atoms with Crippen molar-refractivity contribution < 1.29 is 14.7 Å². The Morgan fingerprint density at radius 2 is 2.28 bits per heavy atom. The summed E-state index contributed by atoms with van der Waals surface area (Å²) in [7, 11) is 0. The maximum absolute atomic E-state index is 11.8. The molecule has 0 saturated heterocycles. The first-order chi connectivity index (χ1) is 8.59. The van der Waals surface area contributed by atoms with Gasteiger partial charge >= 0.3 is 5.97 Å². The molecule has 8 heteroatoms.